The molecule has 3 rings (SSSR count). The normalized spacial score (nSPS) is 11.0. The zero-order valence-electron chi connectivity index (χ0n) is 12.4. The van der Waals surface area contributed by atoms with Gasteiger partial charge in [-0.15, -0.1) is 11.3 Å². The number of aryl methyl sites for hydroxylation is 1. The molecule has 0 atom stereocenters. The Morgan fingerprint density at radius 1 is 1.36 bits per heavy atom. The Labute approximate surface area is 131 Å². The fourth-order valence-electron chi connectivity index (χ4n) is 2.46. The SMILES string of the molecule is CCOc1ccc(-c2c(C)sc3nc(CC(=O)O)cn23)cc1. The van der Waals surface area contributed by atoms with Crippen molar-refractivity contribution in [2.45, 2.75) is 20.3 Å². The summed E-state index contributed by atoms with van der Waals surface area (Å²) in [5.74, 6) is -0.0299. The molecule has 0 fully saturated rings. The largest absolute Gasteiger partial charge is 0.494 e. The van der Waals surface area contributed by atoms with Gasteiger partial charge in [0.2, 0.25) is 0 Å². The van der Waals surface area contributed by atoms with E-state index in [0.717, 1.165) is 26.8 Å². The van der Waals surface area contributed by atoms with Crippen molar-refractivity contribution in [3.05, 3.63) is 41.0 Å². The number of carboxylic acids is 1. The minimum absolute atomic E-state index is 0.0594. The summed E-state index contributed by atoms with van der Waals surface area (Å²) in [5.41, 5.74) is 2.68. The van der Waals surface area contributed by atoms with Crippen molar-refractivity contribution in [1.82, 2.24) is 9.38 Å². The Kier molecular flexibility index (Phi) is 3.85. The molecule has 3 aromatic rings. The molecule has 1 N–H and O–H groups in total. The molecule has 0 saturated carbocycles. The molecular formula is C16H16N2O3S. The Bertz CT molecular complexity index is 818. The lowest BCUT2D eigenvalue weighted by Crippen LogP contribution is -1.99. The number of rotatable bonds is 5. The maximum absolute atomic E-state index is 10.8. The van der Waals surface area contributed by atoms with Gasteiger partial charge in [-0.05, 0) is 43.7 Å². The van der Waals surface area contributed by atoms with Crippen molar-refractivity contribution < 1.29 is 14.6 Å². The summed E-state index contributed by atoms with van der Waals surface area (Å²) in [6.07, 6.45) is 1.74. The van der Waals surface area contributed by atoms with Crippen molar-refractivity contribution in [1.29, 1.82) is 0 Å². The number of hydrogen-bond acceptors (Lipinski definition) is 4. The minimum atomic E-state index is -0.870. The van der Waals surface area contributed by atoms with E-state index in [-0.39, 0.29) is 6.42 Å². The van der Waals surface area contributed by atoms with Gasteiger partial charge in [-0.3, -0.25) is 9.20 Å². The Hall–Kier alpha value is -2.34. The van der Waals surface area contributed by atoms with Crippen molar-refractivity contribution >= 4 is 22.3 Å². The first-order valence-electron chi connectivity index (χ1n) is 7.01. The van der Waals surface area contributed by atoms with Gasteiger partial charge in [0.05, 0.1) is 24.4 Å². The van der Waals surface area contributed by atoms with E-state index >= 15 is 0 Å². The van der Waals surface area contributed by atoms with Crippen LogP contribution in [0.25, 0.3) is 16.2 Å². The molecule has 0 bridgehead atoms. The number of aliphatic carboxylic acids is 1. The molecule has 5 nitrogen and oxygen atoms in total. The summed E-state index contributed by atoms with van der Waals surface area (Å²) < 4.78 is 7.43. The van der Waals surface area contributed by atoms with E-state index in [1.807, 2.05) is 42.5 Å². The van der Waals surface area contributed by atoms with Crippen LogP contribution in [-0.2, 0) is 11.2 Å². The number of carbonyl (C=O) groups is 1. The first-order chi connectivity index (χ1) is 10.6. The highest BCUT2D eigenvalue weighted by Gasteiger charge is 2.15. The average molecular weight is 316 g/mol. The first-order valence-corrected chi connectivity index (χ1v) is 7.82. The summed E-state index contributed by atoms with van der Waals surface area (Å²) >= 11 is 1.56. The standard InChI is InChI=1S/C16H16N2O3S/c1-3-21-13-6-4-11(5-7-13)15-10(2)22-16-17-12(8-14(19)20)9-18(15)16/h4-7,9H,3,8H2,1-2H3,(H,19,20). The van der Waals surface area contributed by atoms with Gasteiger partial charge in [0.25, 0.3) is 0 Å². The fourth-order valence-corrected chi connectivity index (χ4v) is 3.45. The molecule has 2 heterocycles. The van der Waals surface area contributed by atoms with Crippen LogP contribution >= 0.6 is 11.3 Å². The fraction of sp³-hybridized carbons (Fsp3) is 0.250. The van der Waals surface area contributed by atoms with E-state index in [1.54, 1.807) is 17.5 Å². The van der Waals surface area contributed by atoms with E-state index in [2.05, 4.69) is 4.98 Å². The minimum Gasteiger partial charge on any atom is -0.494 e. The van der Waals surface area contributed by atoms with Crippen LogP contribution in [0.2, 0.25) is 0 Å². The second kappa shape index (κ2) is 5.81. The van der Waals surface area contributed by atoms with E-state index in [9.17, 15) is 4.79 Å². The van der Waals surface area contributed by atoms with Gasteiger partial charge in [-0.2, -0.15) is 0 Å². The molecule has 2 aromatic heterocycles. The third kappa shape index (κ3) is 2.69. The van der Waals surface area contributed by atoms with E-state index in [0.29, 0.717) is 12.3 Å². The smallest absolute Gasteiger partial charge is 0.309 e. The van der Waals surface area contributed by atoms with Gasteiger partial charge in [0.15, 0.2) is 4.96 Å². The van der Waals surface area contributed by atoms with Gasteiger partial charge in [-0.25, -0.2) is 4.98 Å². The lowest BCUT2D eigenvalue weighted by molar-refractivity contribution is -0.136. The van der Waals surface area contributed by atoms with Gasteiger partial charge >= 0.3 is 5.97 Å². The highest BCUT2D eigenvalue weighted by molar-refractivity contribution is 7.17. The van der Waals surface area contributed by atoms with Crippen molar-refractivity contribution in [2.24, 2.45) is 0 Å². The van der Waals surface area contributed by atoms with Crippen LogP contribution in [0.1, 0.15) is 17.5 Å². The number of aromatic nitrogens is 2. The molecule has 22 heavy (non-hydrogen) atoms. The highest BCUT2D eigenvalue weighted by atomic mass is 32.1. The van der Waals surface area contributed by atoms with Crippen LogP contribution in [0, 0.1) is 6.92 Å². The van der Waals surface area contributed by atoms with E-state index in [1.165, 1.54) is 0 Å². The maximum atomic E-state index is 10.8. The molecule has 114 valence electrons. The van der Waals surface area contributed by atoms with Crippen molar-refractivity contribution in [3.63, 3.8) is 0 Å². The van der Waals surface area contributed by atoms with Crippen LogP contribution in [0.3, 0.4) is 0 Å². The lowest BCUT2D eigenvalue weighted by atomic mass is 10.1. The van der Waals surface area contributed by atoms with Crippen LogP contribution < -0.4 is 4.74 Å². The topological polar surface area (TPSA) is 63.8 Å². The summed E-state index contributed by atoms with van der Waals surface area (Å²) in [4.78, 5) is 17.2. The number of thiazole rings is 1. The number of ether oxygens (including phenoxy) is 1. The molecule has 0 spiro atoms. The van der Waals surface area contributed by atoms with E-state index < -0.39 is 5.97 Å². The summed E-state index contributed by atoms with van der Waals surface area (Å²) in [5, 5.41) is 8.89. The van der Waals surface area contributed by atoms with Crippen molar-refractivity contribution in [2.75, 3.05) is 6.61 Å². The van der Waals surface area contributed by atoms with Crippen molar-refractivity contribution in [3.8, 4) is 17.0 Å². The predicted octanol–water partition coefficient (Wildman–Crippen LogP) is 3.40. The molecule has 1 aromatic carbocycles. The number of hydrogen-bond donors (Lipinski definition) is 1. The zero-order valence-corrected chi connectivity index (χ0v) is 13.2. The molecule has 0 saturated heterocycles. The number of nitrogens with zero attached hydrogens (tertiary/aromatic N) is 2. The Morgan fingerprint density at radius 2 is 2.09 bits per heavy atom. The zero-order chi connectivity index (χ0) is 15.7. The van der Waals surface area contributed by atoms with Gasteiger partial charge < -0.3 is 9.84 Å². The van der Waals surface area contributed by atoms with Crippen LogP contribution in [0.15, 0.2) is 30.5 Å². The number of carboxylic acid groups (broad SMARTS) is 1. The van der Waals surface area contributed by atoms with Crippen LogP contribution in [-0.4, -0.2) is 27.1 Å². The monoisotopic (exact) mass is 316 g/mol. The van der Waals surface area contributed by atoms with Gasteiger partial charge in [-0.1, -0.05) is 0 Å². The lowest BCUT2D eigenvalue weighted by Gasteiger charge is -2.05. The molecule has 0 unspecified atom stereocenters. The molecule has 6 heteroatoms. The molecule has 0 aliphatic rings. The molecule has 0 aliphatic carbocycles. The summed E-state index contributed by atoms with van der Waals surface area (Å²) in [7, 11) is 0. The molecule has 0 aliphatic heterocycles. The molecular weight excluding hydrogens is 300 g/mol. The summed E-state index contributed by atoms with van der Waals surface area (Å²) in [6.45, 7) is 4.64. The highest BCUT2D eigenvalue weighted by Crippen LogP contribution is 2.32. The quantitative estimate of drug-likeness (QED) is 0.783. The Balaban J connectivity index is 2.03. The number of benzene rings is 1. The third-order valence-electron chi connectivity index (χ3n) is 3.31. The maximum Gasteiger partial charge on any atom is 0.309 e. The van der Waals surface area contributed by atoms with Crippen LogP contribution in [0.5, 0.6) is 5.75 Å². The first kappa shape index (κ1) is 14.6. The second-order valence-electron chi connectivity index (χ2n) is 4.92. The average Bonchev–Trinajstić information content (AvgIpc) is 2.95. The Morgan fingerprint density at radius 3 is 2.73 bits per heavy atom. The third-order valence-corrected chi connectivity index (χ3v) is 4.28. The van der Waals surface area contributed by atoms with Crippen LogP contribution in [0.4, 0.5) is 0 Å². The number of imidazole rings is 1. The summed E-state index contributed by atoms with van der Waals surface area (Å²) in [6, 6.07) is 7.90. The van der Waals surface area contributed by atoms with E-state index in [4.69, 9.17) is 9.84 Å². The molecule has 0 amide bonds. The molecule has 0 radical (unpaired) electrons. The van der Waals surface area contributed by atoms with Gasteiger partial charge in [0, 0.05) is 11.1 Å². The second-order valence-corrected chi connectivity index (χ2v) is 6.10. The number of fused-ring (bicyclic) bond motifs is 1. The van der Waals surface area contributed by atoms with Gasteiger partial charge in [0.1, 0.15) is 5.75 Å². The predicted molar refractivity (Wildman–Crippen MR) is 85.8 cm³/mol.